The van der Waals surface area contributed by atoms with Gasteiger partial charge in [0.05, 0.1) is 6.26 Å². The Labute approximate surface area is 118 Å². The lowest BCUT2D eigenvalue weighted by molar-refractivity contribution is 0.0692. The third-order valence-corrected chi connectivity index (χ3v) is 4.57. The Hall–Kier alpha value is -1.67. The van der Waals surface area contributed by atoms with Crippen LogP contribution in [0.25, 0.3) is 0 Å². The first kappa shape index (κ1) is 14.7. The molecule has 1 N–H and O–H groups in total. The molecule has 2 heterocycles. The number of pyridine rings is 1. The van der Waals surface area contributed by atoms with E-state index in [1.807, 2.05) is 0 Å². The van der Waals surface area contributed by atoms with Crippen molar-refractivity contribution in [3.8, 4) is 0 Å². The normalized spacial score (nSPS) is 17.0. The molecule has 0 unspecified atom stereocenters. The number of hydrogen-bond acceptors (Lipinski definition) is 5. The first-order valence-corrected chi connectivity index (χ1v) is 8.15. The Morgan fingerprint density at radius 2 is 1.95 bits per heavy atom. The summed E-state index contributed by atoms with van der Waals surface area (Å²) in [4.78, 5) is 18.0. The van der Waals surface area contributed by atoms with E-state index in [4.69, 9.17) is 0 Å². The van der Waals surface area contributed by atoms with Gasteiger partial charge in [0.15, 0.2) is 0 Å². The van der Waals surface area contributed by atoms with Crippen LogP contribution in [0.2, 0.25) is 0 Å². The molecule has 2 rings (SSSR count). The molecule has 7 nitrogen and oxygen atoms in total. The highest BCUT2D eigenvalue weighted by atomic mass is 32.2. The molecule has 0 spiro atoms. The molecule has 0 atom stereocenters. The van der Waals surface area contributed by atoms with Gasteiger partial charge < -0.3 is 10.2 Å². The first-order valence-electron chi connectivity index (χ1n) is 6.30. The molecule has 20 heavy (non-hydrogen) atoms. The number of aromatic nitrogens is 1. The standard InChI is InChI=1S/C12H18N4O3S/c1-13-10-3-4-14-11(9-10)12(17)15-5-7-16(8-6-15)20(2,18)19/h3-4,9H,5-8H2,1-2H3,(H,13,14). The maximum absolute atomic E-state index is 12.3. The second-order valence-electron chi connectivity index (χ2n) is 4.63. The van der Waals surface area contributed by atoms with Gasteiger partial charge in [0.1, 0.15) is 5.69 Å². The van der Waals surface area contributed by atoms with Gasteiger partial charge in [-0.1, -0.05) is 0 Å². The minimum Gasteiger partial charge on any atom is -0.388 e. The van der Waals surface area contributed by atoms with E-state index >= 15 is 0 Å². The number of nitrogens with one attached hydrogen (secondary N) is 1. The van der Waals surface area contributed by atoms with Gasteiger partial charge in [0.2, 0.25) is 10.0 Å². The summed E-state index contributed by atoms with van der Waals surface area (Å²) in [6.07, 6.45) is 2.76. The molecule has 1 saturated heterocycles. The van der Waals surface area contributed by atoms with E-state index < -0.39 is 10.0 Å². The summed E-state index contributed by atoms with van der Waals surface area (Å²) >= 11 is 0. The predicted octanol–water partition coefficient (Wildman–Crippen LogP) is -0.159. The van der Waals surface area contributed by atoms with Crippen molar-refractivity contribution in [2.75, 3.05) is 44.8 Å². The number of hydrogen-bond donors (Lipinski definition) is 1. The zero-order valence-corrected chi connectivity index (χ0v) is 12.4. The minimum atomic E-state index is -3.18. The summed E-state index contributed by atoms with van der Waals surface area (Å²) in [6, 6.07) is 3.46. The van der Waals surface area contributed by atoms with E-state index in [1.165, 1.54) is 10.6 Å². The van der Waals surface area contributed by atoms with Crippen LogP contribution in [0, 0.1) is 0 Å². The SMILES string of the molecule is CNc1ccnc(C(=O)N2CCN(S(C)(=O)=O)CC2)c1. The average molecular weight is 298 g/mol. The van der Waals surface area contributed by atoms with Crippen LogP contribution in [0.1, 0.15) is 10.5 Å². The molecule has 110 valence electrons. The lowest BCUT2D eigenvalue weighted by Crippen LogP contribution is -2.50. The highest BCUT2D eigenvalue weighted by Gasteiger charge is 2.27. The Morgan fingerprint density at radius 3 is 2.50 bits per heavy atom. The summed E-state index contributed by atoms with van der Waals surface area (Å²) in [5, 5.41) is 2.95. The van der Waals surface area contributed by atoms with E-state index in [-0.39, 0.29) is 5.91 Å². The highest BCUT2D eigenvalue weighted by molar-refractivity contribution is 7.88. The molecular weight excluding hydrogens is 280 g/mol. The number of nitrogens with zero attached hydrogens (tertiary/aromatic N) is 3. The van der Waals surface area contributed by atoms with Crippen molar-refractivity contribution in [1.82, 2.24) is 14.2 Å². The van der Waals surface area contributed by atoms with Crippen LogP contribution in [0.5, 0.6) is 0 Å². The highest BCUT2D eigenvalue weighted by Crippen LogP contribution is 2.12. The summed E-state index contributed by atoms with van der Waals surface area (Å²) in [5.41, 5.74) is 1.18. The monoisotopic (exact) mass is 298 g/mol. The number of piperazine rings is 1. The van der Waals surface area contributed by atoms with Crippen molar-refractivity contribution in [3.05, 3.63) is 24.0 Å². The van der Waals surface area contributed by atoms with E-state index in [2.05, 4.69) is 10.3 Å². The van der Waals surface area contributed by atoms with Crippen LogP contribution >= 0.6 is 0 Å². The molecule has 8 heteroatoms. The fraction of sp³-hybridized carbons (Fsp3) is 0.500. The smallest absolute Gasteiger partial charge is 0.272 e. The molecule has 1 amide bonds. The number of carbonyl (C=O) groups is 1. The second kappa shape index (κ2) is 5.76. The van der Waals surface area contributed by atoms with E-state index in [1.54, 1.807) is 30.3 Å². The number of rotatable bonds is 3. The zero-order valence-electron chi connectivity index (χ0n) is 11.5. The lowest BCUT2D eigenvalue weighted by atomic mass is 10.2. The number of sulfonamides is 1. The fourth-order valence-corrected chi connectivity index (χ4v) is 2.91. The second-order valence-corrected chi connectivity index (χ2v) is 6.62. The van der Waals surface area contributed by atoms with Gasteiger partial charge in [-0.2, -0.15) is 4.31 Å². The minimum absolute atomic E-state index is 0.171. The molecule has 0 radical (unpaired) electrons. The van der Waals surface area contributed by atoms with Gasteiger partial charge in [-0.3, -0.25) is 9.78 Å². The van der Waals surface area contributed by atoms with E-state index in [9.17, 15) is 13.2 Å². The van der Waals surface area contributed by atoms with Crippen molar-refractivity contribution >= 4 is 21.6 Å². The molecule has 0 aliphatic carbocycles. The Morgan fingerprint density at radius 1 is 1.30 bits per heavy atom. The fourth-order valence-electron chi connectivity index (χ4n) is 2.09. The topological polar surface area (TPSA) is 82.6 Å². The molecule has 1 aliphatic heterocycles. The molecule has 1 aromatic rings. The van der Waals surface area contributed by atoms with Crippen molar-refractivity contribution < 1.29 is 13.2 Å². The third-order valence-electron chi connectivity index (χ3n) is 3.26. The Kier molecular flexibility index (Phi) is 4.24. The Bertz CT molecular complexity index is 594. The first-order chi connectivity index (χ1) is 9.41. The molecule has 0 aromatic carbocycles. The van der Waals surface area contributed by atoms with E-state index in [0.717, 1.165) is 5.69 Å². The maximum Gasteiger partial charge on any atom is 0.272 e. The van der Waals surface area contributed by atoms with Gasteiger partial charge in [-0.15, -0.1) is 0 Å². The van der Waals surface area contributed by atoms with Crippen LogP contribution in [0.15, 0.2) is 18.3 Å². The van der Waals surface area contributed by atoms with Crippen LogP contribution in [0.4, 0.5) is 5.69 Å². The van der Waals surface area contributed by atoms with Crippen LogP contribution in [-0.4, -0.2) is 68.0 Å². The van der Waals surface area contributed by atoms with Crippen LogP contribution in [-0.2, 0) is 10.0 Å². The van der Waals surface area contributed by atoms with Crippen molar-refractivity contribution in [3.63, 3.8) is 0 Å². The third kappa shape index (κ3) is 3.26. The summed E-state index contributed by atoms with van der Waals surface area (Å²) < 4.78 is 24.2. The average Bonchev–Trinajstić information content (AvgIpc) is 2.46. The lowest BCUT2D eigenvalue weighted by Gasteiger charge is -2.33. The van der Waals surface area contributed by atoms with Crippen molar-refractivity contribution in [2.24, 2.45) is 0 Å². The molecule has 0 bridgehead atoms. The molecule has 0 saturated carbocycles. The number of amides is 1. The summed E-state index contributed by atoms with van der Waals surface area (Å²) in [6.45, 7) is 1.43. The molecular formula is C12H18N4O3S. The van der Waals surface area contributed by atoms with Gasteiger partial charge in [-0.05, 0) is 12.1 Å². The molecule has 1 aliphatic rings. The van der Waals surface area contributed by atoms with Gasteiger partial charge >= 0.3 is 0 Å². The van der Waals surface area contributed by atoms with E-state index in [0.29, 0.717) is 31.9 Å². The van der Waals surface area contributed by atoms with Crippen LogP contribution < -0.4 is 5.32 Å². The summed E-state index contributed by atoms with van der Waals surface area (Å²) in [5.74, 6) is -0.171. The quantitative estimate of drug-likeness (QED) is 0.838. The maximum atomic E-state index is 12.3. The van der Waals surface area contributed by atoms with Crippen molar-refractivity contribution in [2.45, 2.75) is 0 Å². The predicted molar refractivity (Wildman–Crippen MR) is 76.1 cm³/mol. The van der Waals surface area contributed by atoms with Gasteiger partial charge in [0, 0.05) is 45.1 Å². The number of carbonyl (C=O) groups excluding carboxylic acids is 1. The zero-order chi connectivity index (χ0) is 14.8. The van der Waals surface area contributed by atoms with Gasteiger partial charge in [0.25, 0.3) is 5.91 Å². The summed E-state index contributed by atoms with van der Waals surface area (Å²) in [7, 11) is -1.41. The molecule has 1 aromatic heterocycles. The Balaban J connectivity index is 2.05. The molecule has 1 fully saturated rings. The number of anilines is 1. The largest absolute Gasteiger partial charge is 0.388 e. The van der Waals surface area contributed by atoms with Crippen LogP contribution in [0.3, 0.4) is 0 Å². The van der Waals surface area contributed by atoms with Crippen molar-refractivity contribution in [1.29, 1.82) is 0 Å². The van der Waals surface area contributed by atoms with Gasteiger partial charge in [-0.25, -0.2) is 8.42 Å².